The predicted octanol–water partition coefficient (Wildman–Crippen LogP) is 5.06. The van der Waals surface area contributed by atoms with Crippen LogP contribution < -0.4 is 0 Å². The second-order valence-electron chi connectivity index (χ2n) is 3.77. The maximum Gasteiger partial charge on any atom is -0.0162 e. The molecule has 0 aromatic carbocycles. The van der Waals surface area contributed by atoms with E-state index in [1.165, 1.54) is 31.3 Å². The van der Waals surface area contributed by atoms with Crippen LogP contribution in [0.4, 0.5) is 0 Å². The molecule has 0 saturated heterocycles. The van der Waals surface area contributed by atoms with Crippen molar-refractivity contribution in [3.05, 3.63) is 49.1 Å². The summed E-state index contributed by atoms with van der Waals surface area (Å²) in [6.07, 6.45) is 14.9. The molecule has 84 valence electrons. The largest absolute Gasteiger partial charge is 0.0991 e. The molecule has 0 aliphatic rings. The lowest BCUT2D eigenvalue weighted by Gasteiger charge is -2.16. The Morgan fingerprint density at radius 1 is 1.07 bits per heavy atom. The third-order valence-electron chi connectivity index (χ3n) is 2.52. The fraction of sp³-hybridized carbons (Fsp3) is 0.467. The molecule has 15 heavy (non-hydrogen) atoms. The molecule has 0 N–H and O–H groups in total. The highest BCUT2D eigenvalue weighted by Crippen LogP contribution is 2.23. The van der Waals surface area contributed by atoms with E-state index < -0.39 is 0 Å². The van der Waals surface area contributed by atoms with Gasteiger partial charge in [-0.25, -0.2) is 0 Å². The van der Waals surface area contributed by atoms with Crippen LogP contribution in [0.2, 0.25) is 0 Å². The fourth-order valence-corrected chi connectivity index (χ4v) is 1.79. The Balaban J connectivity index is 4.55. The summed E-state index contributed by atoms with van der Waals surface area (Å²) < 4.78 is 0. The summed E-state index contributed by atoms with van der Waals surface area (Å²) in [4.78, 5) is 0. The van der Waals surface area contributed by atoms with E-state index in [1.54, 1.807) is 6.08 Å². The zero-order valence-electron chi connectivity index (χ0n) is 10.2. The van der Waals surface area contributed by atoms with Gasteiger partial charge in [-0.15, -0.1) is 0 Å². The van der Waals surface area contributed by atoms with Crippen LogP contribution >= 0.6 is 0 Å². The molecule has 0 fully saturated rings. The van der Waals surface area contributed by atoms with Crippen molar-refractivity contribution in [3.63, 3.8) is 0 Å². The average Bonchev–Trinajstić information content (AvgIpc) is 2.24. The molecule has 0 aliphatic carbocycles. The van der Waals surface area contributed by atoms with E-state index in [9.17, 15) is 0 Å². The summed E-state index contributed by atoms with van der Waals surface area (Å²) in [6, 6.07) is 0. The summed E-state index contributed by atoms with van der Waals surface area (Å²) in [5, 5.41) is 0. The van der Waals surface area contributed by atoms with E-state index in [-0.39, 0.29) is 0 Å². The smallest absolute Gasteiger partial charge is 0.0162 e. The normalized spacial score (nSPS) is 12.3. The molecule has 0 spiro atoms. The van der Waals surface area contributed by atoms with Crippen LogP contribution in [0.25, 0.3) is 0 Å². The summed E-state index contributed by atoms with van der Waals surface area (Å²) in [5.41, 5.74) is 1.36. The highest BCUT2D eigenvalue weighted by Gasteiger charge is 2.08. The summed E-state index contributed by atoms with van der Waals surface area (Å²) in [7, 11) is 0. The molecule has 0 rings (SSSR count). The van der Waals surface area contributed by atoms with Gasteiger partial charge >= 0.3 is 0 Å². The van der Waals surface area contributed by atoms with E-state index in [1.807, 2.05) is 18.2 Å². The van der Waals surface area contributed by atoms with E-state index in [2.05, 4.69) is 33.1 Å². The van der Waals surface area contributed by atoms with Gasteiger partial charge < -0.3 is 0 Å². The molecular weight excluding hydrogens is 180 g/mol. The van der Waals surface area contributed by atoms with Crippen LogP contribution in [0, 0.1) is 5.92 Å². The number of allylic oxidation sites excluding steroid dienone is 6. The molecule has 0 bridgehead atoms. The van der Waals surface area contributed by atoms with E-state index in [0.29, 0.717) is 5.92 Å². The van der Waals surface area contributed by atoms with Gasteiger partial charge in [0, 0.05) is 0 Å². The van der Waals surface area contributed by atoms with Crippen molar-refractivity contribution in [1.29, 1.82) is 0 Å². The Hall–Kier alpha value is -1.04. The van der Waals surface area contributed by atoms with Crippen molar-refractivity contribution in [1.82, 2.24) is 0 Å². The third-order valence-corrected chi connectivity index (χ3v) is 2.52. The molecule has 0 atom stereocenters. The summed E-state index contributed by atoms with van der Waals surface area (Å²) in [6.45, 7) is 12.0. The first-order chi connectivity index (χ1) is 7.29. The van der Waals surface area contributed by atoms with E-state index >= 15 is 0 Å². The maximum atomic E-state index is 3.90. The van der Waals surface area contributed by atoms with Crippen LogP contribution in [0.15, 0.2) is 49.1 Å². The molecule has 0 heteroatoms. The molecule has 0 aromatic rings. The SMILES string of the molecule is C=C/C=C\C=C(/C=C)C(CCC)CCC. The summed E-state index contributed by atoms with van der Waals surface area (Å²) >= 11 is 0. The van der Waals surface area contributed by atoms with Crippen LogP contribution in [-0.2, 0) is 0 Å². The first-order valence-corrected chi connectivity index (χ1v) is 5.91. The molecule has 0 heterocycles. The quantitative estimate of drug-likeness (QED) is 0.485. The van der Waals surface area contributed by atoms with Gasteiger partial charge in [0.2, 0.25) is 0 Å². The maximum absolute atomic E-state index is 3.90. The summed E-state index contributed by atoms with van der Waals surface area (Å²) in [5.74, 6) is 0.673. The first-order valence-electron chi connectivity index (χ1n) is 5.91. The first kappa shape index (κ1) is 14.0. The Kier molecular flexibility index (Phi) is 8.85. The number of hydrogen-bond acceptors (Lipinski definition) is 0. The zero-order valence-corrected chi connectivity index (χ0v) is 10.2. The second-order valence-corrected chi connectivity index (χ2v) is 3.77. The molecule has 0 amide bonds. The van der Waals surface area contributed by atoms with E-state index in [0.717, 1.165) is 0 Å². The highest BCUT2D eigenvalue weighted by molar-refractivity contribution is 5.25. The van der Waals surface area contributed by atoms with Crippen LogP contribution in [0.5, 0.6) is 0 Å². The van der Waals surface area contributed by atoms with Crippen molar-refractivity contribution >= 4 is 0 Å². The van der Waals surface area contributed by atoms with Crippen LogP contribution in [-0.4, -0.2) is 0 Å². The molecule has 0 radical (unpaired) electrons. The Morgan fingerprint density at radius 2 is 1.67 bits per heavy atom. The van der Waals surface area contributed by atoms with Gasteiger partial charge in [-0.05, 0) is 24.3 Å². The average molecular weight is 204 g/mol. The number of rotatable bonds is 8. The van der Waals surface area contributed by atoms with Gasteiger partial charge in [0.05, 0.1) is 0 Å². The standard InChI is InChI=1S/C15H24/c1-5-9-10-13-14(8-4)15(11-6-2)12-7-3/h5,8-10,13,15H,1,4,6-7,11-12H2,2-3H3/b10-9-,14-13+. The monoisotopic (exact) mass is 204 g/mol. The topological polar surface area (TPSA) is 0 Å². The Morgan fingerprint density at radius 3 is 2.07 bits per heavy atom. The predicted molar refractivity (Wildman–Crippen MR) is 70.9 cm³/mol. The minimum Gasteiger partial charge on any atom is -0.0991 e. The minimum atomic E-state index is 0.673. The van der Waals surface area contributed by atoms with Crippen molar-refractivity contribution < 1.29 is 0 Å². The van der Waals surface area contributed by atoms with Crippen LogP contribution in [0.3, 0.4) is 0 Å². The van der Waals surface area contributed by atoms with E-state index in [4.69, 9.17) is 0 Å². The zero-order chi connectivity index (χ0) is 11.5. The van der Waals surface area contributed by atoms with Gasteiger partial charge in [-0.3, -0.25) is 0 Å². The molecule has 0 aromatic heterocycles. The number of hydrogen-bond donors (Lipinski definition) is 0. The molecule has 0 saturated carbocycles. The minimum absolute atomic E-state index is 0.673. The lowest BCUT2D eigenvalue weighted by Crippen LogP contribution is -2.01. The molecule has 0 nitrogen and oxygen atoms in total. The Bertz CT molecular complexity index is 224. The molecular formula is C15H24. The fourth-order valence-electron chi connectivity index (χ4n) is 1.79. The lowest BCUT2D eigenvalue weighted by atomic mass is 9.90. The Labute approximate surface area is 95.1 Å². The van der Waals surface area contributed by atoms with Gasteiger partial charge in [-0.1, -0.05) is 70.2 Å². The molecule has 0 unspecified atom stereocenters. The molecule has 0 aliphatic heterocycles. The van der Waals surface area contributed by atoms with Crippen molar-refractivity contribution in [2.24, 2.45) is 5.92 Å². The lowest BCUT2D eigenvalue weighted by molar-refractivity contribution is 0.513. The van der Waals surface area contributed by atoms with Gasteiger partial charge in [0.1, 0.15) is 0 Å². The second kappa shape index (κ2) is 9.51. The third kappa shape index (κ3) is 6.11. The van der Waals surface area contributed by atoms with Gasteiger partial charge in [0.25, 0.3) is 0 Å². The van der Waals surface area contributed by atoms with Crippen LogP contribution in [0.1, 0.15) is 39.5 Å². The van der Waals surface area contributed by atoms with Gasteiger partial charge in [0.15, 0.2) is 0 Å². The van der Waals surface area contributed by atoms with Crippen molar-refractivity contribution in [3.8, 4) is 0 Å². The highest BCUT2D eigenvalue weighted by atomic mass is 14.1. The van der Waals surface area contributed by atoms with Crippen molar-refractivity contribution in [2.45, 2.75) is 39.5 Å². The van der Waals surface area contributed by atoms with Gasteiger partial charge in [-0.2, -0.15) is 0 Å². The van der Waals surface area contributed by atoms with Crippen molar-refractivity contribution in [2.75, 3.05) is 0 Å².